The van der Waals surface area contributed by atoms with E-state index >= 15 is 0 Å². The van der Waals surface area contributed by atoms with Crippen LogP contribution in [-0.4, -0.2) is 24.9 Å². The van der Waals surface area contributed by atoms with Crippen LogP contribution in [0.25, 0.3) is 0 Å². The predicted octanol–water partition coefficient (Wildman–Crippen LogP) is 3.99. The summed E-state index contributed by atoms with van der Waals surface area (Å²) in [5, 5.41) is 3.08. The minimum absolute atomic E-state index is 0.0228. The van der Waals surface area contributed by atoms with Gasteiger partial charge in [0.25, 0.3) is 0 Å². The van der Waals surface area contributed by atoms with Gasteiger partial charge >= 0.3 is 0 Å². The summed E-state index contributed by atoms with van der Waals surface area (Å²) >= 11 is 0. The highest BCUT2D eigenvalue weighted by Crippen LogP contribution is 2.27. The number of carbonyl (C=O) groups excluding carboxylic acids is 2. The molecule has 0 radical (unpaired) electrons. The van der Waals surface area contributed by atoms with E-state index in [4.69, 9.17) is 0 Å². The van der Waals surface area contributed by atoms with E-state index in [1.165, 1.54) is 24.0 Å². The van der Waals surface area contributed by atoms with E-state index in [1.807, 2.05) is 25.1 Å². The Balaban J connectivity index is 1.92. The van der Waals surface area contributed by atoms with Crippen molar-refractivity contribution < 1.29 is 9.59 Å². The zero-order chi connectivity index (χ0) is 18.4. The summed E-state index contributed by atoms with van der Waals surface area (Å²) in [5.74, 6) is 0.366. The maximum Gasteiger partial charge on any atom is 0.227 e. The average Bonchev–Trinajstić information content (AvgIpc) is 2.99. The number of nitrogens with zero attached hydrogens (tertiary/aromatic N) is 1. The summed E-state index contributed by atoms with van der Waals surface area (Å²) in [4.78, 5) is 26.6. The fourth-order valence-corrected chi connectivity index (χ4v) is 3.36. The molecule has 1 aliphatic rings. The van der Waals surface area contributed by atoms with Crippen molar-refractivity contribution in [2.75, 3.05) is 18.0 Å². The van der Waals surface area contributed by atoms with Gasteiger partial charge in [-0.2, -0.15) is 0 Å². The number of amides is 2. The molecule has 1 aromatic rings. The van der Waals surface area contributed by atoms with Crippen molar-refractivity contribution in [3.63, 3.8) is 0 Å². The van der Waals surface area contributed by atoms with Crippen LogP contribution in [0, 0.1) is 25.7 Å². The molecule has 2 rings (SSSR count). The van der Waals surface area contributed by atoms with Gasteiger partial charge in [-0.1, -0.05) is 39.2 Å². The molecule has 0 aromatic heterocycles. The molecule has 1 saturated heterocycles. The first kappa shape index (κ1) is 19.5. The van der Waals surface area contributed by atoms with E-state index in [2.05, 4.69) is 26.1 Å². The fraction of sp³-hybridized carbons (Fsp3) is 0.619. The Bertz CT molecular complexity index is 612. The molecule has 1 aliphatic heterocycles. The van der Waals surface area contributed by atoms with Crippen LogP contribution in [0.3, 0.4) is 0 Å². The SMILES string of the molecule is CCCC[C@H](CC)CNC(=O)[C@@H]1CC(=O)N(c2ccc(C)c(C)c2)C1. The summed E-state index contributed by atoms with van der Waals surface area (Å²) in [5.41, 5.74) is 3.28. The Labute approximate surface area is 152 Å². The molecule has 0 bridgehead atoms. The molecule has 25 heavy (non-hydrogen) atoms. The molecule has 1 aromatic carbocycles. The zero-order valence-electron chi connectivity index (χ0n) is 16.1. The topological polar surface area (TPSA) is 49.4 Å². The lowest BCUT2D eigenvalue weighted by molar-refractivity contribution is -0.126. The van der Waals surface area contributed by atoms with E-state index in [0.717, 1.165) is 25.1 Å². The van der Waals surface area contributed by atoms with Crippen molar-refractivity contribution in [1.29, 1.82) is 0 Å². The normalized spacial score (nSPS) is 18.5. The first-order valence-corrected chi connectivity index (χ1v) is 9.61. The third-order valence-corrected chi connectivity index (χ3v) is 5.41. The van der Waals surface area contributed by atoms with E-state index in [1.54, 1.807) is 4.90 Å². The number of hydrogen-bond acceptors (Lipinski definition) is 2. The summed E-state index contributed by atoms with van der Waals surface area (Å²) in [6.45, 7) is 9.68. The van der Waals surface area contributed by atoms with Crippen LogP contribution < -0.4 is 10.2 Å². The fourth-order valence-electron chi connectivity index (χ4n) is 3.36. The lowest BCUT2D eigenvalue weighted by Gasteiger charge is -2.19. The van der Waals surface area contributed by atoms with Crippen molar-refractivity contribution >= 4 is 17.5 Å². The van der Waals surface area contributed by atoms with Gasteiger partial charge in [0.2, 0.25) is 11.8 Å². The van der Waals surface area contributed by atoms with Crippen LogP contribution in [0.2, 0.25) is 0 Å². The standard InChI is InChI=1S/C21H32N2O2/c1-5-7-8-17(6-2)13-22-21(25)18-12-20(24)23(14-18)19-10-9-15(3)16(4)11-19/h9-11,17-18H,5-8,12-14H2,1-4H3,(H,22,25)/t17-,18+/m0/s1. The molecule has 2 atom stereocenters. The molecule has 1 N–H and O–H groups in total. The van der Waals surface area contributed by atoms with Crippen molar-refractivity contribution in [3.05, 3.63) is 29.3 Å². The Morgan fingerprint density at radius 1 is 1.28 bits per heavy atom. The third kappa shape index (κ3) is 5.07. The van der Waals surface area contributed by atoms with Crippen LogP contribution in [0.1, 0.15) is 57.1 Å². The summed E-state index contributed by atoms with van der Waals surface area (Å²) < 4.78 is 0. The van der Waals surface area contributed by atoms with Crippen molar-refractivity contribution in [2.45, 2.75) is 59.8 Å². The summed E-state index contributed by atoms with van der Waals surface area (Å²) in [6.07, 6.45) is 4.94. The smallest absolute Gasteiger partial charge is 0.227 e. The van der Waals surface area contributed by atoms with Crippen LogP contribution in [0.15, 0.2) is 18.2 Å². The van der Waals surface area contributed by atoms with Crippen LogP contribution in [-0.2, 0) is 9.59 Å². The highest BCUT2D eigenvalue weighted by molar-refractivity contribution is 6.00. The third-order valence-electron chi connectivity index (χ3n) is 5.41. The molecule has 0 aliphatic carbocycles. The van der Waals surface area contributed by atoms with Crippen molar-refractivity contribution in [3.8, 4) is 0 Å². The second kappa shape index (κ2) is 9.02. The van der Waals surface area contributed by atoms with Gasteiger partial charge in [-0.05, 0) is 49.4 Å². The van der Waals surface area contributed by atoms with Crippen molar-refractivity contribution in [2.24, 2.45) is 11.8 Å². The first-order valence-electron chi connectivity index (χ1n) is 9.61. The van der Waals surface area contributed by atoms with Crippen molar-refractivity contribution in [1.82, 2.24) is 5.32 Å². The molecule has 1 fully saturated rings. The maximum absolute atomic E-state index is 12.5. The van der Waals surface area contributed by atoms with Gasteiger partial charge in [0.15, 0.2) is 0 Å². The van der Waals surface area contributed by atoms with Gasteiger partial charge in [0.05, 0.1) is 5.92 Å². The molecule has 0 unspecified atom stereocenters. The number of unbranched alkanes of at least 4 members (excludes halogenated alkanes) is 1. The number of rotatable bonds is 8. The van der Waals surface area contributed by atoms with Crippen LogP contribution >= 0.6 is 0 Å². The van der Waals surface area contributed by atoms with Gasteiger partial charge < -0.3 is 10.2 Å². The molecule has 4 heteroatoms. The van der Waals surface area contributed by atoms with Crippen LogP contribution in [0.4, 0.5) is 5.69 Å². The Kier molecular flexibility index (Phi) is 7.03. The quantitative estimate of drug-likeness (QED) is 0.775. The van der Waals surface area contributed by atoms with Gasteiger partial charge in [0, 0.05) is 25.2 Å². The molecule has 2 amide bonds. The number of anilines is 1. The highest BCUT2D eigenvalue weighted by atomic mass is 16.2. The molecule has 4 nitrogen and oxygen atoms in total. The molecule has 0 saturated carbocycles. The largest absolute Gasteiger partial charge is 0.356 e. The Hall–Kier alpha value is -1.84. The number of aryl methyl sites for hydroxylation is 2. The summed E-state index contributed by atoms with van der Waals surface area (Å²) in [6, 6.07) is 6.04. The zero-order valence-corrected chi connectivity index (χ0v) is 16.1. The van der Waals surface area contributed by atoms with E-state index in [0.29, 0.717) is 18.9 Å². The molecular formula is C21H32N2O2. The summed E-state index contributed by atoms with van der Waals surface area (Å²) in [7, 11) is 0. The van der Waals surface area contributed by atoms with Crippen LogP contribution in [0.5, 0.6) is 0 Å². The minimum Gasteiger partial charge on any atom is -0.356 e. The van der Waals surface area contributed by atoms with Gasteiger partial charge in [0.1, 0.15) is 0 Å². The number of hydrogen-bond donors (Lipinski definition) is 1. The highest BCUT2D eigenvalue weighted by Gasteiger charge is 2.35. The molecule has 1 heterocycles. The Morgan fingerprint density at radius 2 is 2.04 bits per heavy atom. The maximum atomic E-state index is 12.5. The number of carbonyl (C=O) groups is 2. The second-order valence-electron chi connectivity index (χ2n) is 7.34. The molecular weight excluding hydrogens is 312 g/mol. The van der Waals surface area contributed by atoms with E-state index in [-0.39, 0.29) is 17.7 Å². The lowest BCUT2D eigenvalue weighted by atomic mass is 9.99. The molecule has 138 valence electrons. The van der Waals surface area contributed by atoms with Gasteiger partial charge in [-0.25, -0.2) is 0 Å². The lowest BCUT2D eigenvalue weighted by Crippen LogP contribution is -2.35. The Morgan fingerprint density at radius 3 is 2.68 bits per heavy atom. The first-order chi connectivity index (χ1) is 12.0. The monoisotopic (exact) mass is 344 g/mol. The second-order valence-corrected chi connectivity index (χ2v) is 7.34. The van der Waals surface area contributed by atoms with E-state index in [9.17, 15) is 9.59 Å². The minimum atomic E-state index is -0.238. The van der Waals surface area contributed by atoms with E-state index < -0.39 is 0 Å². The number of nitrogens with one attached hydrogen (secondary N) is 1. The van der Waals surface area contributed by atoms with Gasteiger partial charge in [-0.3, -0.25) is 9.59 Å². The predicted molar refractivity (Wildman–Crippen MR) is 103 cm³/mol. The van der Waals surface area contributed by atoms with Gasteiger partial charge in [-0.15, -0.1) is 0 Å². The number of benzene rings is 1. The molecule has 0 spiro atoms. The average molecular weight is 344 g/mol.